The minimum absolute atomic E-state index is 0.122. The minimum atomic E-state index is 0.122. The van der Waals surface area contributed by atoms with E-state index in [1.807, 2.05) is 17.0 Å². The maximum atomic E-state index is 12.7. The summed E-state index contributed by atoms with van der Waals surface area (Å²) in [6.45, 7) is 8.30. The van der Waals surface area contributed by atoms with E-state index in [1.54, 1.807) is 0 Å². The molecule has 3 nitrogen and oxygen atoms in total. The molecule has 3 unspecified atom stereocenters. The lowest BCUT2D eigenvalue weighted by atomic mass is 9.78. The molecule has 1 aliphatic carbocycles. The Hall–Kier alpha value is -1.35. The van der Waals surface area contributed by atoms with Gasteiger partial charge in [-0.3, -0.25) is 4.79 Å². The third-order valence-electron chi connectivity index (χ3n) is 5.44. The molecule has 120 valence electrons. The van der Waals surface area contributed by atoms with Crippen LogP contribution in [0.2, 0.25) is 0 Å². The van der Waals surface area contributed by atoms with Crippen molar-refractivity contribution in [1.29, 1.82) is 0 Å². The van der Waals surface area contributed by atoms with Crippen molar-refractivity contribution in [2.75, 3.05) is 13.1 Å². The van der Waals surface area contributed by atoms with Crippen LogP contribution in [0.1, 0.15) is 56.0 Å². The first-order valence-corrected chi connectivity index (χ1v) is 8.51. The third-order valence-corrected chi connectivity index (χ3v) is 5.44. The van der Waals surface area contributed by atoms with Crippen LogP contribution in [0.4, 0.5) is 0 Å². The molecule has 1 saturated carbocycles. The van der Waals surface area contributed by atoms with Crippen molar-refractivity contribution in [2.24, 2.45) is 17.6 Å². The molecule has 0 radical (unpaired) electrons. The van der Waals surface area contributed by atoms with Gasteiger partial charge in [0.05, 0.1) is 0 Å². The molecule has 3 atom stereocenters. The number of rotatable bonds is 1. The molecule has 1 aromatic rings. The average molecular weight is 300 g/mol. The lowest BCUT2D eigenvalue weighted by molar-refractivity contribution is 0.0783. The van der Waals surface area contributed by atoms with Gasteiger partial charge in [-0.1, -0.05) is 39.3 Å². The zero-order chi connectivity index (χ0) is 15.9. The Labute approximate surface area is 133 Å². The summed E-state index contributed by atoms with van der Waals surface area (Å²) in [6.07, 6.45) is 3.55. The van der Waals surface area contributed by atoms with Crippen LogP contribution < -0.4 is 5.73 Å². The van der Waals surface area contributed by atoms with Crippen LogP contribution in [0, 0.1) is 11.8 Å². The highest BCUT2D eigenvalue weighted by Gasteiger charge is 2.40. The minimum Gasteiger partial charge on any atom is -0.338 e. The van der Waals surface area contributed by atoms with Gasteiger partial charge < -0.3 is 10.6 Å². The van der Waals surface area contributed by atoms with E-state index in [-0.39, 0.29) is 17.4 Å². The molecule has 0 aromatic heterocycles. The summed E-state index contributed by atoms with van der Waals surface area (Å²) in [7, 11) is 0. The van der Waals surface area contributed by atoms with E-state index < -0.39 is 0 Å². The zero-order valence-electron chi connectivity index (χ0n) is 14.0. The first-order valence-electron chi connectivity index (χ1n) is 8.51. The summed E-state index contributed by atoms with van der Waals surface area (Å²) < 4.78 is 0. The standard InChI is InChI=1S/C19H28N2O/c1-19(2,3)15-9-7-13(8-10-15)18(22)21-11-14-5-4-6-17(20)16(14)12-21/h7-10,14,16-17H,4-6,11-12,20H2,1-3H3. The predicted molar refractivity (Wildman–Crippen MR) is 89.9 cm³/mol. The van der Waals surface area contributed by atoms with Gasteiger partial charge >= 0.3 is 0 Å². The molecule has 1 amide bonds. The molecule has 0 spiro atoms. The zero-order valence-corrected chi connectivity index (χ0v) is 14.0. The Balaban J connectivity index is 1.72. The first-order chi connectivity index (χ1) is 10.4. The van der Waals surface area contributed by atoms with Gasteiger partial charge in [0, 0.05) is 24.7 Å². The normalized spacial score (nSPS) is 28.5. The van der Waals surface area contributed by atoms with Gasteiger partial charge in [0.2, 0.25) is 0 Å². The van der Waals surface area contributed by atoms with Crippen LogP contribution in [0.3, 0.4) is 0 Å². The molecule has 1 aromatic carbocycles. The van der Waals surface area contributed by atoms with Gasteiger partial charge in [0.15, 0.2) is 0 Å². The van der Waals surface area contributed by atoms with Crippen LogP contribution in [0.25, 0.3) is 0 Å². The number of nitrogens with zero attached hydrogens (tertiary/aromatic N) is 1. The van der Waals surface area contributed by atoms with Gasteiger partial charge in [-0.25, -0.2) is 0 Å². The van der Waals surface area contributed by atoms with E-state index in [1.165, 1.54) is 18.4 Å². The number of hydrogen-bond acceptors (Lipinski definition) is 2. The monoisotopic (exact) mass is 300 g/mol. The maximum absolute atomic E-state index is 12.7. The van der Waals surface area contributed by atoms with E-state index in [9.17, 15) is 4.79 Å². The number of hydrogen-bond donors (Lipinski definition) is 1. The van der Waals surface area contributed by atoms with Gasteiger partial charge in [-0.15, -0.1) is 0 Å². The van der Waals surface area contributed by atoms with Crippen molar-refractivity contribution in [3.8, 4) is 0 Å². The number of benzene rings is 1. The van der Waals surface area contributed by atoms with Crippen LogP contribution in [-0.4, -0.2) is 29.9 Å². The highest BCUT2D eigenvalue weighted by molar-refractivity contribution is 5.94. The molecular formula is C19H28N2O. The van der Waals surface area contributed by atoms with Gasteiger partial charge in [-0.2, -0.15) is 0 Å². The molecule has 22 heavy (non-hydrogen) atoms. The van der Waals surface area contributed by atoms with Crippen molar-refractivity contribution < 1.29 is 4.79 Å². The number of fused-ring (bicyclic) bond motifs is 1. The van der Waals surface area contributed by atoms with E-state index in [2.05, 4.69) is 32.9 Å². The molecular weight excluding hydrogens is 272 g/mol. The number of likely N-dealkylation sites (tertiary alicyclic amines) is 1. The Morgan fingerprint density at radius 2 is 1.82 bits per heavy atom. The fourth-order valence-corrected chi connectivity index (χ4v) is 3.98. The van der Waals surface area contributed by atoms with E-state index in [0.717, 1.165) is 25.1 Å². The Kier molecular flexibility index (Phi) is 4.02. The fourth-order valence-electron chi connectivity index (χ4n) is 3.98. The Morgan fingerprint density at radius 3 is 2.41 bits per heavy atom. The molecule has 0 bridgehead atoms. The summed E-state index contributed by atoms with van der Waals surface area (Å²) in [6, 6.07) is 8.40. The second-order valence-electron chi connectivity index (χ2n) is 8.06. The number of carbonyl (C=O) groups is 1. The Morgan fingerprint density at radius 1 is 1.14 bits per heavy atom. The van der Waals surface area contributed by atoms with Crippen LogP contribution >= 0.6 is 0 Å². The summed E-state index contributed by atoms with van der Waals surface area (Å²) in [5, 5.41) is 0. The van der Waals surface area contributed by atoms with Gasteiger partial charge in [-0.05, 0) is 47.8 Å². The SMILES string of the molecule is CC(C)(C)c1ccc(C(=O)N2CC3CCCC(N)C3C2)cc1. The molecule has 3 heteroatoms. The topological polar surface area (TPSA) is 46.3 Å². The predicted octanol–water partition coefficient (Wildman–Crippen LogP) is 3.18. The van der Waals surface area contributed by atoms with E-state index in [0.29, 0.717) is 11.8 Å². The molecule has 2 N–H and O–H groups in total. The molecule has 2 fully saturated rings. The first kappa shape index (κ1) is 15.5. The second-order valence-corrected chi connectivity index (χ2v) is 8.06. The summed E-state index contributed by atoms with van der Waals surface area (Å²) in [5.74, 6) is 1.29. The van der Waals surface area contributed by atoms with Gasteiger partial charge in [0.25, 0.3) is 5.91 Å². The number of nitrogens with two attached hydrogens (primary N) is 1. The average Bonchev–Trinajstić information content (AvgIpc) is 2.91. The van der Waals surface area contributed by atoms with Crippen LogP contribution in [-0.2, 0) is 5.41 Å². The molecule has 1 aliphatic heterocycles. The molecule has 1 heterocycles. The smallest absolute Gasteiger partial charge is 0.253 e. The van der Waals surface area contributed by atoms with Gasteiger partial charge in [0.1, 0.15) is 0 Å². The maximum Gasteiger partial charge on any atom is 0.253 e. The quantitative estimate of drug-likeness (QED) is 0.866. The Bertz CT molecular complexity index is 544. The van der Waals surface area contributed by atoms with Crippen molar-refractivity contribution >= 4 is 5.91 Å². The summed E-state index contributed by atoms with van der Waals surface area (Å²) in [4.78, 5) is 14.8. The third kappa shape index (κ3) is 2.91. The fraction of sp³-hybridized carbons (Fsp3) is 0.632. The number of carbonyl (C=O) groups excluding carboxylic acids is 1. The second kappa shape index (κ2) is 5.69. The van der Waals surface area contributed by atoms with Crippen molar-refractivity contribution in [3.63, 3.8) is 0 Å². The summed E-state index contributed by atoms with van der Waals surface area (Å²) in [5.41, 5.74) is 8.44. The molecule has 2 aliphatic rings. The number of amides is 1. The highest BCUT2D eigenvalue weighted by Crippen LogP contribution is 2.36. The largest absolute Gasteiger partial charge is 0.338 e. The molecule has 1 saturated heterocycles. The summed E-state index contributed by atoms with van der Waals surface area (Å²) >= 11 is 0. The lowest BCUT2D eigenvalue weighted by Crippen LogP contribution is -2.38. The van der Waals surface area contributed by atoms with Crippen molar-refractivity contribution in [2.45, 2.75) is 51.5 Å². The van der Waals surface area contributed by atoms with Crippen LogP contribution in [0.5, 0.6) is 0 Å². The van der Waals surface area contributed by atoms with Crippen molar-refractivity contribution in [3.05, 3.63) is 35.4 Å². The van der Waals surface area contributed by atoms with Crippen LogP contribution in [0.15, 0.2) is 24.3 Å². The lowest BCUT2D eigenvalue weighted by Gasteiger charge is -2.29. The van der Waals surface area contributed by atoms with E-state index in [4.69, 9.17) is 5.73 Å². The van der Waals surface area contributed by atoms with Crippen molar-refractivity contribution in [1.82, 2.24) is 4.90 Å². The molecule has 3 rings (SSSR count). The van der Waals surface area contributed by atoms with E-state index >= 15 is 0 Å². The highest BCUT2D eigenvalue weighted by atomic mass is 16.2.